The standard InChI is InChI=1S/C11H19N3S/c1-14-11(7-10(12)13-14)15-8-9-5-3-2-4-6-9/h7,9H,2-6,8H2,1H3,(H2,12,13). The normalized spacial score (nSPS) is 18.2. The third kappa shape index (κ3) is 2.91. The Kier molecular flexibility index (Phi) is 3.57. The van der Waals surface area contributed by atoms with Crippen molar-refractivity contribution in [3.05, 3.63) is 6.07 Å². The minimum Gasteiger partial charge on any atom is -0.382 e. The molecule has 2 N–H and O–H groups in total. The average molecular weight is 225 g/mol. The third-order valence-corrected chi connectivity index (χ3v) is 4.36. The summed E-state index contributed by atoms with van der Waals surface area (Å²) in [5.74, 6) is 2.75. The number of hydrogen-bond donors (Lipinski definition) is 1. The second-order valence-electron chi connectivity index (χ2n) is 4.35. The Morgan fingerprint density at radius 2 is 2.20 bits per heavy atom. The second kappa shape index (κ2) is 4.92. The number of aryl methyl sites for hydroxylation is 1. The van der Waals surface area contributed by atoms with Crippen molar-refractivity contribution in [1.82, 2.24) is 9.78 Å². The lowest BCUT2D eigenvalue weighted by Crippen LogP contribution is -2.09. The molecular formula is C11H19N3S. The van der Waals surface area contributed by atoms with Crippen LogP contribution in [0.1, 0.15) is 32.1 Å². The summed E-state index contributed by atoms with van der Waals surface area (Å²) in [5, 5.41) is 5.34. The van der Waals surface area contributed by atoms with Gasteiger partial charge in [-0.2, -0.15) is 5.10 Å². The Morgan fingerprint density at radius 1 is 1.47 bits per heavy atom. The van der Waals surface area contributed by atoms with Gasteiger partial charge in [0, 0.05) is 18.9 Å². The fourth-order valence-corrected chi connectivity index (χ4v) is 3.33. The molecule has 1 aliphatic carbocycles. The molecule has 1 saturated carbocycles. The molecular weight excluding hydrogens is 206 g/mol. The molecule has 3 nitrogen and oxygen atoms in total. The summed E-state index contributed by atoms with van der Waals surface area (Å²) in [4.78, 5) is 0. The number of rotatable bonds is 3. The van der Waals surface area contributed by atoms with Crippen LogP contribution in [0.15, 0.2) is 11.1 Å². The van der Waals surface area contributed by atoms with Gasteiger partial charge in [-0.3, -0.25) is 4.68 Å². The maximum absolute atomic E-state index is 5.64. The van der Waals surface area contributed by atoms with E-state index >= 15 is 0 Å². The predicted molar refractivity (Wildman–Crippen MR) is 64.9 cm³/mol. The number of nitrogen functional groups attached to an aromatic ring is 1. The Bertz CT molecular complexity index is 316. The summed E-state index contributed by atoms with van der Waals surface area (Å²) >= 11 is 1.89. The van der Waals surface area contributed by atoms with E-state index in [-0.39, 0.29) is 0 Å². The maximum Gasteiger partial charge on any atom is 0.146 e. The molecule has 84 valence electrons. The zero-order valence-electron chi connectivity index (χ0n) is 9.28. The average Bonchev–Trinajstić information content (AvgIpc) is 2.56. The van der Waals surface area contributed by atoms with Crippen LogP contribution in [0.3, 0.4) is 0 Å². The summed E-state index contributed by atoms with van der Waals surface area (Å²) in [6.07, 6.45) is 7.07. The molecule has 0 aromatic carbocycles. The number of nitrogens with zero attached hydrogens (tertiary/aromatic N) is 2. The van der Waals surface area contributed by atoms with Gasteiger partial charge in [0.1, 0.15) is 5.82 Å². The molecule has 0 radical (unpaired) electrons. The van der Waals surface area contributed by atoms with Crippen LogP contribution in [0.25, 0.3) is 0 Å². The van der Waals surface area contributed by atoms with E-state index in [1.54, 1.807) is 0 Å². The highest BCUT2D eigenvalue weighted by Crippen LogP contribution is 2.30. The van der Waals surface area contributed by atoms with Gasteiger partial charge in [-0.1, -0.05) is 19.3 Å². The van der Waals surface area contributed by atoms with E-state index in [0.29, 0.717) is 5.82 Å². The summed E-state index contributed by atoms with van der Waals surface area (Å²) in [6, 6.07) is 1.97. The fourth-order valence-electron chi connectivity index (χ4n) is 2.16. The summed E-state index contributed by atoms with van der Waals surface area (Å²) in [5.41, 5.74) is 5.64. The van der Waals surface area contributed by atoms with E-state index < -0.39 is 0 Å². The lowest BCUT2D eigenvalue weighted by atomic mass is 9.91. The van der Waals surface area contributed by atoms with Crippen LogP contribution in [0.4, 0.5) is 5.82 Å². The largest absolute Gasteiger partial charge is 0.382 e. The Hall–Kier alpha value is -0.640. The molecule has 0 saturated heterocycles. The number of hydrogen-bond acceptors (Lipinski definition) is 3. The molecule has 0 atom stereocenters. The smallest absolute Gasteiger partial charge is 0.146 e. The molecule has 1 aromatic rings. The molecule has 4 heteroatoms. The zero-order chi connectivity index (χ0) is 10.7. The monoisotopic (exact) mass is 225 g/mol. The summed E-state index contributed by atoms with van der Waals surface area (Å²) < 4.78 is 1.88. The fraction of sp³-hybridized carbons (Fsp3) is 0.727. The zero-order valence-corrected chi connectivity index (χ0v) is 10.1. The van der Waals surface area contributed by atoms with E-state index in [0.717, 1.165) is 5.92 Å². The van der Waals surface area contributed by atoms with Crippen LogP contribution >= 0.6 is 11.8 Å². The van der Waals surface area contributed by atoms with E-state index in [2.05, 4.69) is 5.10 Å². The van der Waals surface area contributed by atoms with Gasteiger partial charge in [0.05, 0.1) is 5.03 Å². The van der Waals surface area contributed by atoms with Gasteiger partial charge in [-0.05, 0) is 18.8 Å². The summed E-state index contributed by atoms with van der Waals surface area (Å²) in [6.45, 7) is 0. The van der Waals surface area contributed by atoms with Crippen LogP contribution in [0.5, 0.6) is 0 Å². The highest BCUT2D eigenvalue weighted by Gasteiger charge is 2.14. The third-order valence-electron chi connectivity index (χ3n) is 3.05. The SMILES string of the molecule is Cn1nc(N)cc1SCC1CCCCC1. The molecule has 0 spiro atoms. The molecule has 1 aromatic heterocycles. The van der Waals surface area contributed by atoms with Gasteiger partial charge < -0.3 is 5.73 Å². The van der Waals surface area contributed by atoms with Gasteiger partial charge in [-0.25, -0.2) is 0 Å². The first-order valence-corrected chi connectivity index (χ1v) is 6.66. The molecule has 0 unspecified atom stereocenters. The van der Waals surface area contributed by atoms with Crippen LogP contribution in [0, 0.1) is 5.92 Å². The molecule has 0 aliphatic heterocycles. The Morgan fingerprint density at radius 3 is 2.80 bits per heavy atom. The van der Waals surface area contributed by atoms with Crippen molar-refractivity contribution in [2.75, 3.05) is 11.5 Å². The first kappa shape index (κ1) is 10.9. The van der Waals surface area contributed by atoms with Gasteiger partial charge in [0.2, 0.25) is 0 Å². The number of nitrogens with two attached hydrogens (primary N) is 1. The van der Waals surface area contributed by atoms with Gasteiger partial charge in [-0.15, -0.1) is 11.8 Å². The van der Waals surface area contributed by atoms with Crippen molar-refractivity contribution in [1.29, 1.82) is 0 Å². The Labute approximate surface area is 95.4 Å². The summed E-state index contributed by atoms with van der Waals surface area (Å²) in [7, 11) is 1.96. The van der Waals surface area contributed by atoms with Crippen LogP contribution in [-0.4, -0.2) is 15.5 Å². The Balaban J connectivity index is 1.84. The minimum atomic E-state index is 0.628. The minimum absolute atomic E-state index is 0.628. The molecule has 0 amide bonds. The highest BCUT2D eigenvalue weighted by molar-refractivity contribution is 7.99. The molecule has 1 heterocycles. The predicted octanol–water partition coefficient (Wildman–Crippen LogP) is 2.67. The van der Waals surface area contributed by atoms with E-state index in [1.165, 1.54) is 42.9 Å². The molecule has 2 rings (SSSR count). The van der Waals surface area contributed by atoms with E-state index in [1.807, 2.05) is 29.6 Å². The van der Waals surface area contributed by atoms with Crippen LogP contribution in [0.2, 0.25) is 0 Å². The van der Waals surface area contributed by atoms with Crippen molar-refractivity contribution in [3.8, 4) is 0 Å². The molecule has 1 aliphatic rings. The molecule has 0 bridgehead atoms. The van der Waals surface area contributed by atoms with Crippen LogP contribution in [-0.2, 0) is 7.05 Å². The first-order valence-electron chi connectivity index (χ1n) is 5.68. The van der Waals surface area contributed by atoms with Crippen LogP contribution < -0.4 is 5.73 Å². The van der Waals surface area contributed by atoms with Crippen molar-refractivity contribution in [3.63, 3.8) is 0 Å². The lowest BCUT2D eigenvalue weighted by molar-refractivity contribution is 0.390. The van der Waals surface area contributed by atoms with Gasteiger partial charge >= 0.3 is 0 Å². The maximum atomic E-state index is 5.64. The molecule has 15 heavy (non-hydrogen) atoms. The topological polar surface area (TPSA) is 43.8 Å². The van der Waals surface area contributed by atoms with E-state index in [4.69, 9.17) is 5.73 Å². The quantitative estimate of drug-likeness (QED) is 0.804. The lowest BCUT2D eigenvalue weighted by Gasteiger charge is -2.20. The van der Waals surface area contributed by atoms with Crippen molar-refractivity contribution in [2.45, 2.75) is 37.1 Å². The first-order chi connectivity index (χ1) is 7.25. The van der Waals surface area contributed by atoms with Gasteiger partial charge in [0.15, 0.2) is 0 Å². The number of thioether (sulfide) groups is 1. The van der Waals surface area contributed by atoms with Crippen molar-refractivity contribution >= 4 is 17.6 Å². The number of anilines is 1. The van der Waals surface area contributed by atoms with Crippen molar-refractivity contribution < 1.29 is 0 Å². The second-order valence-corrected chi connectivity index (χ2v) is 5.39. The highest BCUT2D eigenvalue weighted by atomic mass is 32.2. The van der Waals surface area contributed by atoms with Gasteiger partial charge in [0.25, 0.3) is 0 Å². The van der Waals surface area contributed by atoms with Crippen molar-refractivity contribution in [2.24, 2.45) is 13.0 Å². The molecule has 1 fully saturated rings. The van der Waals surface area contributed by atoms with E-state index in [9.17, 15) is 0 Å². The number of aromatic nitrogens is 2.